The highest BCUT2D eigenvalue weighted by molar-refractivity contribution is 7.81. The van der Waals surface area contributed by atoms with E-state index in [0.29, 0.717) is 29.9 Å². The molecule has 3 nitrogen and oxygen atoms in total. The molecule has 0 radical (unpaired) electrons. The third kappa shape index (κ3) is 3.60. The van der Waals surface area contributed by atoms with E-state index in [0.717, 1.165) is 0 Å². The van der Waals surface area contributed by atoms with E-state index in [1.54, 1.807) is 11.0 Å². The van der Waals surface area contributed by atoms with Gasteiger partial charge in [-0.25, -0.2) is 0 Å². The largest absolute Gasteiger partial charge is 0.343 e. The minimum atomic E-state index is -0.170. The lowest BCUT2D eigenvalue weighted by atomic mass is 9.98. The van der Waals surface area contributed by atoms with E-state index in [1.807, 2.05) is 26.0 Å². The van der Waals surface area contributed by atoms with E-state index >= 15 is 0 Å². The Balaban J connectivity index is 2.66. The Labute approximate surface area is 107 Å². The second-order valence-corrected chi connectivity index (χ2v) is 4.29. The van der Waals surface area contributed by atoms with E-state index < -0.39 is 0 Å². The average molecular weight is 251 g/mol. The van der Waals surface area contributed by atoms with E-state index in [4.69, 9.17) is 12.2 Å². The lowest BCUT2D eigenvalue weighted by Crippen LogP contribution is -2.32. The van der Waals surface area contributed by atoms with Crippen molar-refractivity contribution in [2.45, 2.75) is 26.7 Å². The van der Waals surface area contributed by atoms with Gasteiger partial charge in [0.2, 0.25) is 5.91 Å². The van der Waals surface area contributed by atoms with Gasteiger partial charge < -0.3 is 4.90 Å². The molecule has 0 saturated carbocycles. The number of carbonyl (C=O) groups excluding carboxylic acids is 2. The summed E-state index contributed by atoms with van der Waals surface area (Å²) in [6.45, 7) is 5.07. The molecule has 0 aromatic heterocycles. The Kier molecular flexibility index (Phi) is 5.22. The molecule has 0 heterocycles. The van der Waals surface area contributed by atoms with Crippen LogP contribution in [-0.2, 0) is 9.59 Å². The van der Waals surface area contributed by atoms with Gasteiger partial charge in [0.05, 0.1) is 6.42 Å². The van der Waals surface area contributed by atoms with Crippen molar-refractivity contribution in [3.8, 4) is 0 Å². The number of nitrogens with zero attached hydrogens (tertiary/aromatic N) is 1. The van der Waals surface area contributed by atoms with Gasteiger partial charge in [0.25, 0.3) is 0 Å². The van der Waals surface area contributed by atoms with Crippen LogP contribution in [0.25, 0.3) is 0 Å². The van der Waals surface area contributed by atoms with Crippen LogP contribution in [0.4, 0.5) is 0 Å². The second-order valence-electron chi connectivity index (χ2n) is 3.80. The first kappa shape index (κ1) is 13.8. The molecule has 0 aromatic rings. The minimum Gasteiger partial charge on any atom is -0.343 e. The maximum absolute atomic E-state index is 11.9. The maximum Gasteiger partial charge on any atom is 0.230 e. The summed E-state index contributed by atoms with van der Waals surface area (Å²) in [6, 6.07) is 0. The molecule has 0 aliphatic heterocycles. The fraction of sp³-hybridized carbons (Fsp3) is 0.462. The minimum absolute atomic E-state index is 0.0819. The molecule has 0 unspecified atom stereocenters. The van der Waals surface area contributed by atoms with Crippen molar-refractivity contribution in [3.05, 3.63) is 23.8 Å². The number of hydrogen-bond acceptors (Lipinski definition) is 3. The Morgan fingerprint density at radius 1 is 1.35 bits per heavy atom. The molecule has 0 atom stereocenters. The molecule has 17 heavy (non-hydrogen) atoms. The number of amides is 1. The lowest BCUT2D eigenvalue weighted by molar-refractivity contribution is -0.133. The summed E-state index contributed by atoms with van der Waals surface area (Å²) in [5.74, 6) is -0.297. The van der Waals surface area contributed by atoms with Crippen molar-refractivity contribution >= 4 is 28.8 Å². The van der Waals surface area contributed by atoms with Gasteiger partial charge in [0.15, 0.2) is 5.78 Å². The zero-order chi connectivity index (χ0) is 12.8. The quantitative estimate of drug-likeness (QED) is 0.554. The standard InChI is InChI=1S/C13H17NO2S/c1-3-14(4-2)13(16)9-11(15)10-7-5-6-8-12(10)17/h5-7H,3-4,8-9H2,1-2H3. The van der Waals surface area contributed by atoms with Crippen molar-refractivity contribution < 1.29 is 9.59 Å². The first-order chi connectivity index (χ1) is 8.10. The number of ketones is 1. The van der Waals surface area contributed by atoms with Gasteiger partial charge >= 0.3 is 0 Å². The molecule has 1 aliphatic carbocycles. The number of carbonyl (C=O) groups is 2. The molecule has 0 saturated heterocycles. The van der Waals surface area contributed by atoms with Crippen LogP contribution in [0.2, 0.25) is 0 Å². The zero-order valence-electron chi connectivity index (χ0n) is 10.2. The fourth-order valence-electron chi connectivity index (χ4n) is 1.71. The summed E-state index contributed by atoms with van der Waals surface area (Å²) in [6.07, 6.45) is 5.95. The molecule has 0 spiro atoms. The van der Waals surface area contributed by atoms with Gasteiger partial charge in [-0.2, -0.15) is 0 Å². The van der Waals surface area contributed by atoms with Gasteiger partial charge in [-0.3, -0.25) is 9.59 Å². The summed E-state index contributed by atoms with van der Waals surface area (Å²) in [5.41, 5.74) is 0.517. The van der Waals surface area contributed by atoms with Crippen LogP contribution in [0.3, 0.4) is 0 Å². The van der Waals surface area contributed by atoms with Crippen LogP contribution in [0.1, 0.15) is 26.7 Å². The van der Waals surface area contributed by atoms with Crippen molar-refractivity contribution in [3.63, 3.8) is 0 Å². The predicted octanol–water partition coefficient (Wildman–Crippen LogP) is 2.07. The normalized spacial score (nSPS) is 14.5. The highest BCUT2D eigenvalue weighted by Crippen LogP contribution is 2.13. The molecule has 0 N–H and O–H groups in total. The van der Waals surface area contributed by atoms with E-state index in [9.17, 15) is 9.59 Å². The number of rotatable bonds is 5. The topological polar surface area (TPSA) is 37.4 Å². The van der Waals surface area contributed by atoms with Crippen molar-refractivity contribution in [1.82, 2.24) is 4.90 Å². The zero-order valence-corrected chi connectivity index (χ0v) is 11.0. The first-order valence-electron chi connectivity index (χ1n) is 5.81. The van der Waals surface area contributed by atoms with Gasteiger partial charge in [0.1, 0.15) is 0 Å². The third-order valence-corrected chi connectivity index (χ3v) is 3.12. The molecule has 1 amide bonds. The van der Waals surface area contributed by atoms with Crippen molar-refractivity contribution in [1.29, 1.82) is 0 Å². The van der Waals surface area contributed by atoms with E-state index in [-0.39, 0.29) is 18.1 Å². The van der Waals surface area contributed by atoms with Gasteiger partial charge in [-0.1, -0.05) is 30.4 Å². The molecule has 92 valence electrons. The van der Waals surface area contributed by atoms with Crippen LogP contribution >= 0.6 is 12.2 Å². The predicted molar refractivity (Wildman–Crippen MR) is 72.0 cm³/mol. The number of hydrogen-bond donors (Lipinski definition) is 0. The Morgan fingerprint density at radius 2 is 2.00 bits per heavy atom. The number of thiocarbonyl (C=S) groups is 1. The summed E-state index contributed by atoms with van der Waals surface area (Å²) < 4.78 is 0. The molecule has 0 bridgehead atoms. The van der Waals surface area contributed by atoms with Crippen LogP contribution in [0.15, 0.2) is 23.8 Å². The fourth-order valence-corrected chi connectivity index (χ4v) is 1.99. The van der Waals surface area contributed by atoms with E-state index in [1.165, 1.54) is 0 Å². The molecular weight excluding hydrogens is 234 g/mol. The monoisotopic (exact) mass is 251 g/mol. The van der Waals surface area contributed by atoms with E-state index in [2.05, 4.69) is 0 Å². The average Bonchev–Trinajstić information content (AvgIpc) is 2.31. The van der Waals surface area contributed by atoms with Crippen LogP contribution in [0.5, 0.6) is 0 Å². The summed E-state index contributed by atoms with van der Waals surface area (Å²) in [5, 5.41) is 0. The molecule has 0 fully saturated rings. The maximum atomic E-state index is 11.9. The summed E-state index contributed by atoms with van der Waals surface area (Å²) in [7, 11) is 0. The number of allylic oxidation sites excluding steroid dienone is 4. The van der Waals surface area contributed by atoms with Gasteiger partial charge in [-0.05, 0) is 13.8 Å². The lowest BCUT2D eigenvalue weighted by Gasteiger charge is -2.18. The number of Topliss-reactive ketones (excluding diaryl/α,β-unsaturated/α-hetero) is 1. The van der Waals surface area contributed by atoms with Gasteiger partial charge in [0, 0.05) is 29.9 Å². The SMILES string of the molecule is CCN(CC)C(=O)CC(=O)C1=CC=CCC1=S. The first-order valence-corrected chi connectivity index (χ1v) is 6.22. The van der Waals surface area contributed by atoms with Crippen molar-refractivity contribution in [2.75, 3.05) is 13.1 Å². The van der Waals surface area contributed by atoms with Crippen LogP contribution in [0, 0.1) is 0 Å². The highest BCUT2D eigenvalue weighted by Gasteiger charge is 2.20. The van der Waals surface area contributed by atoms with Gasteiger partial charge in [-0.15, -0.1) is 0 Å². The highest BCUT2D eigenvalue weighted by atomic mass is 32.1. The molecular formula is C13H17NO2S. The molecule has 4 heteroatoms. The van der Waals surface area contributed by atoms with Crippen LogP contribution in [-0.4, -0.2) is 34.5 Å². The molecule has 1 rings (SSSR count). The van der Waals surface area contributed by atoms with Crippen molar-refractivity contribution in [2.24, 2.45) is 0 Å². The Bertz CT molecular complexity index is 392. The smallest absolute Gasteiger partial charge is 0.230 e. The molecule has 0 aromatic carbocycles. The molecule has 1 aliphatic rings. The Morgan fingerprint density at radius 3 is 2.53 bits per heavy atom. The Hall–Kier alpha value is -1.29. The second kappa shape index (κ2) is 6.45. The summed E-state index contributed by atoms with van der Waals surface area (Å²) in [4.78, 5) is 26.0. The summed E-state index contributed by atoms with van der Waals surface area (Å²) >= 11 is 5.11. The van der Waals surface area contributed by atoms with Crippen LogP contribution < -0.4 is 0 Å². The third-order valence-electron chi connectivity index (χ3n) is 2.73.